The van der Waals surface area contributed by atoms with Gasteiger partial charge in [-0.15, -0.1) is 0 Å². The molecule has 1 aliphatic rings. The van der Waals surface area contributed by atoms with E-state index < -0.39 is 0 Å². The molecule has 56 heavy (non-hydrogen) atoms. The van der Waals surface area contributed by atoms with E-state index in [1.807, 2.05) is 6.20 Å². The zero-order chi connectivity index (χ0) is 37.8. The Labute approximate surface area is 326 Å². The Balaban J connectivity index is 1.14. The van der Waals surface area contributed by atoms with Gasteiger partial charge in [0, 0.05) is 58.6 Å². The Hall–Kier alpha value is -7.05. The third kappa shape index (κ3) is 5.87. The molecule has 0 saturated heterocycles. The van der Waals surface area contributed by atoms with E-state index in [9.17, 15) is 0 Å². The number of fused-ring (bicyclic) bond motifs is 5. The van der Waals surface area contributed by atoms with Gasteiger partial charge in [0.05, 0.1) is 28.7 Å². The molecule has 1 aliphatic heterocycles. The predicted molar refractivity (Wildman–Crippen MR) is 231 cm³/mol. The topological polar surface area (TPSA) is 38.5 Å². The summed E-state index contributed by atoms with van der Waals surface area (Å²) in [5, 5.41) is 2.27. The molecule has 272 valence electrons. The van der Waals surface area contributed by atoms with Gasteiger partial charge in [0.1, 0.15) is 17.3 Å². The van der Waals surface area contributed by atoms with Crippen LogP contribution in [-0.2, 0) is 5.41 Å². The average Bonchev–Trinajstić information content (AvgIpc) is 3.95. The van der Waals surface area contributed by atoms with Crippen LogP contribution in [0.1, 0.15) is 26.3 Å². The smallest absolute Gasteiger partial charge is 0.138 e. The maximum atomic E-state index is 6.89. The van der Waals surface area contributed by atoms with Crippen LogP contribution in [0.4, 0.5) is 11.4 Å². The minimum atomic E-state index is -0.0835. The Morgan fingerprint density at radius 3 is 1.89 bits per heavy atom. The van der Waals surface area contributed by atoms with Crippen molar-refractivity contribution in [2.75, 3.05) is 16.5 Å². The highest BCUT2D eigenvalue weighted by Crippen LogP contribution is 2.43. The maximum absolute atomic E-state index is 6.89. The first-order valence-corrected chi connectivity index (χ1v) is 19.1. The molecule has 10 rings (SSSR count). The third-order valence-electron chi connectivity index (χ3n) is 10.8. The summed E-state index contributed by atoms with van der Waals surface area (Å²) in [5.74, 6) is 2.40. The summed E-state index contributed by atoms with van der Waals surface area (Å²) < 4.78 is 11.6. The first-order valence-electron chi connectivity index (χ1n) is 19.1. The van der Waals surface area contributed by atoms with Gasteiger partial charge < -0.3 is 19.1 Å². The number of ether oxygens (including phenoxy) is 1. The number of para-hydroxylation sites is 3. The molecular formula is C50H41N5O. The normalized spacial score (nSPS) is 13.1. The predicted octanol–water partition coefficient (Wildman–Crippen LogP) is 12.6. The highest BCUT2D eigenvalue weighted by atomic mass is 16.5. The van der Waals surface area contributed by atoms with Crippen molar-refractivity contribution in [3.05, 3.63) is 188 Å². The summed E-state index contributed by atoms with van der Waals surface area (Å²) in [7, 11) is 0. The summed E-state index contributed by atoms with van der Waals surface area (Å²) in [5.41, 5.74) is 11.1. The van der Waals surface area contributed by atoms with Crippen molar-refractivity contribution in [3.63, 3.8) is 0 Å². The lowest BCUT2D eigenvalue weighted by Crippen LogP contribution is -2.25. The van der Waals surface area contributed by atoms with E-state index in [2.05, 4.69) is 216 Å². The molecule has 0 N–H and O–H groups in total. The van der Waals surface area contributed by atoms with E-state index in [0.29, 0.717) is 0 Å². The number of benzene rings is 6. The van der Waals surface area contributed by atoms with E-state index in [-0.39, 0.29) is 5.41 Å². The van der Waals surface area contributed by atoms with Crippen molar-refractivity contribution < 1.29 is 4.74 Å². The van der Waals surface area contributed by atoms with Gasteiger partial charge in [-0.3, -0.25) is 4.57 Å². The fraction of sp³-hybridized carbons (Fsp3) is 0.100. The van der Waals surface area contributed by atoms with Crippen molar-refractivity contribution >= 4 is 44.2 Å². The van der Waals surface area contributed by atoms with Gasteiger partial charge >= 0.3 is 0 Å². The van der Waals surface area contributed by atoms with Gasteiger partial charge in [0.2, 0.25) is 0 Å². The number of nitrogens with zero attached hydrogens (tertiary/aromatic N) is 5. The molecule has 0 unspecified atom stereocenters. The van der Waals surface area contributed by atoms with Gasteiger partial charge in [-0.05, 0) is 88.8 Å². The highest BCUT2D eigenvalue weighted by molar-refractivity contribution is 6.20. The molecule has 6 nitrogen and oxygen atoms in total. The summed E-state index contributed by atoms with van der Waals surface area (Å²) in [4.78, 5) is 9.56. The molecule has 0 radical (unpaired) electrons. The van der Waals surface area contributed by atoms with Crippen LogP contribution in [-0.4, -0.2) is 20.8 Å². The van der Waals surface area contributed by atoms with Crippen LogP contribution in [0.2, 0.25) is 0 Å². The van der Waals surface area contributed by atoms with Gasteiger partial charge in [-0.25, -0.2) is 4.98 Å². The quantitative estimate of drug-likeness (QED) is 0.164. The second-order valence-electron chi connectivity index (χ2n) is 15.5. The summed E-state index contributed by atoms with van der Waals surface area (Å²) in [6.45, 7) is 7.47. The van der Waals surface area contributed by atoms with Gasteiger partial charge in [-0.2, -0.15) is 0 Å². The summed E-state index contributed by atoms with van der Waals surface area (Å²) >= 11 is 0. The standard InChI is InChI=1S/C50H41N5O/c1-50(2,3)37-30-40(53-28-27-52(34-53)38-17-9-5-10-18-38)32-42(31-37)56-41-23-24-44-46(33-41)55(47-29-36(25-26-51-47)35-15-7-4-8-16-35)49-43-21-13-14-22-45(43)54(48(44)49)39-19-11-6-12-20-39/h4-33H,34H2,1-3H3. The van der Waals surface area contributed by atoms with E-state index in [0.717, 1.165) is 85.0 Å². The Morgan fingerprint density at radius 2 is 1.14 bits per heavy atom. The number of rotatable bonds is 7. The number of hydrogen-bond acceptors (Lipinski definition) is 4. The minimum Gasteiger partial charge on any atom is -0.457 e. The largest absolute Gasteiger partial charge is 0.457 e. The Kier molecular flexibility index (Phi) is 7.99. The monoisotopic (exact) mass is 727 g/mol. The van der Waals surface area contributed by atoms with Crippen LogP contribution in [0.15, 0.2) is 182 Å². The van der Waals surface area contributed by atoms with Crippen LogP contribution < -0.4 is 14.5 Å². The maximum Gasteiger partial charge on any atom is 0.138 e. The van der Waals surface area contributed by atoms with E-state index >= 15 is 0 Å². The average molecular weight is 728 g/mol. The molecule has 9 aromatic rings. The second-order valence-corrected chi connectivity index (χ2v) is 15.5. The van der Waals surface area contributed by atoms with Crippen LogP contribution in [0.25, 0.3) is 55.5 Å². The Bertz CT molecular complexity index is 2900. The van der Waals surface area contributed by atoms with E-state index in [4.69, 9.17) is 9.72 Å². The SMILES string of the molecule is CC(C)(C)c1cc(Oc2ccc3c(c2)n(-c2cc(-c4ccccc4)ccn2)c2c4ccccc4n(-c4ccccc4)c32)cc(N2C=CN(c3ccccc3)C2)c1. The summed E-state index contributed by atoms with van der Waals surface area (Å²) in [6, 6.07) is 57.6. The Morgan fingerprint density at radius 1 is 0.500 bits per heavy atom. The fourth-order valence-electron chi connectivity index (χ4n) is 7.96. The molecular weight excluding hydrogens is 687 g/mol. The first kappa shape index (κ1) is 33.5. The number of aromatic nitrogens is 3. The lowest BCUT2D eigenvalue weighted by atomic mass is 9.86. The first-order chi connectivity index (χ1) is 27.4. The molecule has 0 spiro atoms. The van der Waals surface area contributed by atoms with Crippen LogP contribution in [0.3, 0.4) is 0 Å². The molecule has 0 bridgehead atoms. The molecule has 0 aliphatic carbocycles. The molecule has 0 amide bonds. The van der Waals surface area contributed by atoms with Crippen molar-refractivity contribution in [2.24, 2.45) is 0 Å². The van der Waals surface area contributed by atoms with Crippen molar-refractivity contribution in [1.82, 2.24) is 14.1 Å². The second kappa shape index (κ2) is 13.4. The van der Waals surface area contributed by atoms with Crippen LogP contribution in [0, 0.1) is 0 Å². The number of anilines is 2. The molecule has 6 aromatic carbocycles. The molecule has 3 aromatic heterocycles. The van der Waals surface area contributed by atoms with Gasteiger partial charge in [0.25, 0.3) is 0 Å². The van der Waals surface area contributed by atoms with Gasteiger partial charge in [-0.1, -0.05) is 106 Å². The zero-order valence-electron chi connectivity index (χ0n) is 31.7. The third-order valence-corrected chi connectivity index (χ3v) is 10.8. The minimum absolute atomic E-state index is 0.0835. The van der Waals surface area contributed by atoms with Crippen molar-refractivity contribution in [1.29, 1.82) is 0 Å². The molecule has 0 fully saturated rings. The van der Waals surface area contributed by atoms with Crippen LogP contribution in [0.5, 0.6) is 11.5 Å². The zero-order valence-corrected chi connectivity index (χ0v) is 31.7. The molecule has 0 atom stereocenters. The number of pyridine rings is 1. The van der Waals surface area contributed by atoms with Gasteiger partial charge in [0.15, 0.2) is 0 Å². The van der Waals surface area contributed by atoms with Crippen LogP contribution >= 0.6 is 0 Å². The molecule has 6 heteroatoms. The van der Waals surface area contributed by atoms with E-state index in [1.165, 1.54) is 5.56 Å². The van der Waals surface area contributed by atoms with E-state index in [1.54, 1.807) is 0 Å². The molecule has 0 saturated carbocycles. The van der Waals surface area contributed by atoms with Crippen molar-refractivity contribution in [2.45, 2.75) is 26.2 Å². The fourth-order valence-corrected chi connectivity index (χ4v) is 7.96. The lowest BCUT2D eigenvalue weighted by molar-refractivity contribution is 0.479. The summed E-state index contributed by atoms with van der Waals surface area (Å²) in [6.07, 6.45) is 6.20. The number of hydrogen-bond donors (Lipinski definition) is 0. The lowest BCUT2D eigenvalue weighted by Gasteiger charge is -2.26. The molecule has 4 heterocycles. The highest BCUT2D eigenvalue weighted by Gasteiger charge is 2.24. The van der Waals surface area contributed by atoms with Crippen molar-refractivity contribution in [3.8, 4) is 34.1 Å².